The largest absolute Gasteiger partial charge is 0.497 e. The summed E-state index contributed by atoms with van der Waals surface area (Å²) in [6.45, 7) is 7.38. The van der Waals surface area contributed by atoms with Crippen LogP contribution in [0.1, 0.15) is 40.5 Å². The molecule has 3 aromatic rings. The lowest BCUT2D eigenvalue weighted by Gasteiger charge is -2.34. The van der Waals surface area contributed by atoms with Gasteiger partial charge >= 0.3 is 0 Å². The number of carbonyl (C=O) groups excluding carboxylic acids is 1. The Morgan fingerprint density at radius 1 is 0.974 bits per heavy atom. The number of amides is 1. The Morgan fingerprint density at radius 3 is 2.32 bits per heavy atom. The number of ether oxygens (including phenoxy) is 4. The van der Waals surface area contributed by atoms with Crippen molar-refractivity contribution in [3.8, 4) is 17.2 Å². The van der Waals surface area contributed by atoms with Crippen molar-refractivity contribution in [2.75, 3.05) is 41.0 Å². The van der Waals surface area contributed by atoms with Crippen LogP contribution in [0.4, 0.5) is 0 Å². The molecular formula is C29H37N3O5S. The zero-order valence-corrected chi connectivity index (χ0v) is 23.6. The van der Waals surface area contributed by atoms with E-state index in [1.807, 2.05) is 48.4 Å². The van der Waals surface area contributed by atoms with Crippen LogP contribution in [0, 0.1) is 0 Å². The highest BCUT2D eigenvalue weighted by atomic mass is 32.1. The van der Waals surface area contributed by atoms with Gasteiger partial charge in [-0.25, -0.2) is 4.98 Å². The summed E-state index contributed by atoms with van der Waals surface area (Å²) in [6.07, 6.45) is 0.881. The molecule has 1 fully saturated rings. The van der Waals surface area contributed by atoms with Crippen LogP contribution in [0.3, 0.4) is 0 Å². The third-order valence-electron chi connectivity index (χ3n) is 6.57. The lowest BCUT2D eigenvalue weighted by atomic mass is 10.1. The molecule has 1 aromatic heterocycles. The summed E-state index contributed by atoms with van der Waals surface area (Å²) in [6, 6.07) is 14.2. The van der Waals surface area contributed by atoms with Gasteiger partial charge in [0.25, 0.3) is 5.91 Å². The van der Waals surface area contributed by atoms with Crippen LogP contribution < -0.4 is 14.2 Å². The van der Waals surface area contributed by atoms with Gasteiger partial charge in [0, 0.05) is 31.6 Å². The van der Waals surface area contributed by atoms with Gasteiger partial charge < -0.3 is 23.8 Å². The predicted octanol–water partition coefficient (Wildman–Crippen LogP) is 4.66. The fourth-order valence-electron chi connectivity index (χ4n) is 4.71. The van der Waals surface area contributed by atoms with E-state index in [9.17, 15) is 4.79 Å². The maximum atomic E-state index is 13.1. The number of thiazole rings is 1. The van der Waals surface area contributed by atoms with E-state index in [0.717, 1.165) is 47.3 Å². The Hall–Kier alpha value is -3.14. The minimum absolute atomic E-state index is 0.0253. The number of hydrogen-bond donors (Lipinski definition) is 0. The number of rotatable bonds is 11. The second-order valence-electron chi connectivity index (χ2n) is 9.59. The third-order valence-corrected chi connectivity index (χ3v) is 7.40. The molecule has 38 heavy (non-hydrogen) atoms. The molecule has 2 atom stereocenters. The van der Waals surface area contributed by atoms with E-state index in [0.29, 0.717) is 25.3 Å². The summed E-state index contributed by atoms with van der Waals surface area (Å²) in [5.74, 6) is 2.25. The zero-order chi connectivity index (χ0) is 27.1. The highest BCUT2D eigenvalue weighted by molar-refractivity contribution is 7.09. The Bertz CT molecular complexity index is 1190. The summed E-state index contributed by atoms with van der Waals surface area (Å²) >= 11 is 1.53. The third kappa shape index (κ3) is 7.24. The maximum absolute atomic E-state index is 13.1. The summed E-state index contributed by atoms with van der Waals surface area (Å²) in [5, 5.41) is 2.80. The number of morpholine rings is 1. The van der Waals surface area contributed by atoms with Crippen molar-refractivity contribution in [1.82, 2.24) is 14.8 Å². The Labute approximate surface area is 229 Å². The van der Waals surface area contributed by atoms with E-state index < -0.39 is 0 Å². The van der Waals surface area contributed by atoms with E-state index in [1.165, 1.54) is 16.9 Å². The lowest BCUT2D eigenvalue weighted by molar-refractivity contribution is -0.0587. The first kappa shape index (κ1) is 27.9. The first-order chi connectivity index (χ1) is 18.4. The van der Waals surface area contributed by atoms with Crippen LogP contribution in [-0.4, -0.2) is 73.9 Å². The number of carbonyl (C=O) groups is 1. The van der Waals surface area contributed by atoms with Crippen molar-refractivity contribution in [2.24, 2.45) is 0 Å². The number of hydrogen-bond acceptors (Lipinski definition) is 8. The molecule has 2 unspecified atom stereocenters. The molecular weight excluding hydrogens is 502 g/mol. The van der Waals surface area contributed by atoms with Gasteiger partial charge in [0.15, 0.2) is 11.5 Å². The normalized spacial score (nSPS) is 17.5. The second kappa shape index (κ2) is 13.1. The van der Waals surface area contributed by atoms with Gasteiger partial charge in [-0.3, -0.25) is 9.69 Å². The highest BCUT2D eigenvalue weighted by Gasteiger charge is 2.28. The lowest BCUT2D eigenvalue weighted by Crippen LogP contribution is -2.48. The highest BCUT2D eigenvalue weighted by Crippen LogP contribution is 2.28. The Morgan fingerprint density at radius 2 is 1.66 bits per heavy atom. The number of benzene rings is 2. The van der Waals surface area contributed by atoms with Gasteiger partial charge in [0.05, 0.1) is 40.1 Å². The van der Waals surface area contributed by atoms with Crippen molar-refractivity contribution in [3.05, 3.63) is 69.7 Å². The average molecular weight is 540 g/mol. The van der Waals surface area contributed by atoms with Crippen molar-refractivity contribution in [2.45, 2.75) is 45.6 Å². The first-order valence-electron chi connectivity index (χ1n) is 12.8. The molecule has 2 heterocycles. The van der Waals surface area contributed by atoms with Crippen LogP contribution in [0.2, 0.25) is 0 Å². The molecule has 9 heteroatoms. The van der Waals surface area contributed by atoms with Gasteiger partial charge in [0.1, 0.15) is 16.5 Å². The molecule has 204 valence electrons. The Balaban J connectivity index is 1.47. The molecule has 0 saturated carbocycles. The molecule has 0 bridgehead atoms. The molecule has 0 radical (unpaired) electrons. The first-order valence-corrected chi connectivity index (χ1v) is 13.7. The minimum Gasteiger partial charge on any atom is -0.497 e. The zero-order valence-electron chi connectivity index (χ0n) is 22.8. The fourth-order valence-corrected chi connectivity index (χ4v) is 5.51. The standard InChI is InChI=1S/C29H37N3O5S/c1-20-15-32(16-21(2)37-20)29(33)25-19-38-28(30-25)18-31(17-23-6-9-24(34-3)10-7-23)13-12-22-8-11-26(35-4)27(14-22)36-5/h6-11,14,19-21H,12-13,15-18H2,1-5H3. The molecule has 1 saturated heterocycles. The smallest absolute Gasteiger partial charge is 0.273 e. The topological polar surface area (TPSA) is 73.4 Å². The second-order valence-corrected chi connectivity index (χ2v) is 10.5. The van der Waals surface area contributed by atoms with Crippen LogP contribution >= 0.6 is 11.3 Å². The summed E-state index contributed by atoms with van der Waals surface area (Å²) < 4.78 is 22.0. The van der Waals surface area contributed by atoms with Crippen LogP contribution in [0.5, 0.6) is 17.2 Å². The van der Waals surface area contributed by atoms with Gasteiger partial charge in [-0.05, 0) is 55.7 Å². The molecule has 2 aromatic carbocycles. The molecule has 1 aliphatic heterocycles. The van der Waals surface area contributed by atoms with Crippen molar-refractivity contribution in [1.29, 1.82) is 0 Å². The SMILES string of the molecule is COc1ccc(CN(CCc2ccc(OC)c(OC)c2)Cc2nc(C(=O)N3CC(C)OC(C)C3)cs2)cc1. The van der Waals surface area contributed by atoms with Gasteiger partial charge in [0.2, 0.25) is 0 Å². The van der Waals surface area contributed by atoms with Gasteiger partial charge in [-0.1, -0.05) is 18.2 Å². The fraction of sp³-hybridized carbons (Fsp3) is 0.448. The molecule has 1 aliphatic rings. The van der Waals surface area contributed by atoms with Crippen molar-refractivity contribution in [3.63, 3.8) is 0 Å². The summed E-state index contributed by atoms with van der Waals surface area (Å²) in [4.78, 5) is 22.1. The van der Waals surface area contributed by atoms with Crippen molar-refractivity contribution < 1.29 is 23.7 Å². The predicted molar refractivity (Wildman–Crippen MR) is 148 cm³/mol. The molecule has 8 nitrogen and oxygen atoms in total. The maximum Gasteiger partial charge on any atom is 0.273 e. The van der Waals surface area contributed by atoms with E-state index >= 15 is 0 Å². The van der Waals surface area contributed by atoms with E-state index in [4.69, 9.17) is 23.9 Å². The number of nitrogens with zero attached hydrogens (tertiary/aromatic N) is 3. The van der Waals surface area contributed by atoms with E-state index in [-0.39, 0.29) is 18.1 Å². The molecule has 1 amide bonds. The summed E-state index contributed by atoms with van der Waals surface area (Å²) in [5.41, 5.74) is 2.85. The molecule has 0 spiro atoms. The molecule has 0 N–H and O–H groups in total. The minimum atomic E-state index is -0.0264. The summed E-state index contributed by atoms with van der Waals surface area (Å²) in [7, 11) is 4.96. The van der Waals surface area contributed by atoms with Crippen LogP contribution in [0.25, 0.3) is 0 Å². The molecule has 0 aliphatic carbocycles. The number of aromatic nitrogens is 1. The quantitative estimate of drug-likeness (QED) is 0.351. The Kier molecular flexibility index (Phi) is 9.60. The van der Waals surface area contributed by atoms with E-state index in [1.54, 1.807) is 21.3 Å². The van der Waals surface area contributed by atoms with Crippen molar-refractivity contribution >= 4 is 17.2 Å². The van der Waals surface area contributed by atoms with E-state index in [2.05, 4.69) is 23.1 Å². The van der Waals surface area contributed by atoms with Gasteiger partial charge in [-0.2, -0.15) is 0 Å². The number of methoxy groups -OCH3 is 3. The van der Waals surface area contributed by atoms with Crippen LogP contribution in [-0.2, 0) is 24.2 Å². The monoisotopic (exact) mass is 539 g/mol. The van der Waals surface area contributed by atoms with Gasteiger partial charge in [-0.15, -0.1) is 11.3 Å². The molecule has 4 rings (SSSR count). The average Bonchev–Trinajstić information content (AvgIpc) is 3.39. The van der Waals surface area contributed by atoms with Crippen LogP contribution in [0.15, 0.2) is 47.8 Å².